The first-order valence-corrected chi connectivity index (χ1v) is 10.2. The van der Waals surface area contributed by atoms with E-state index < -0.39 is 5.60 Å². The predicted octanol–water partition coefficient (Wildman–Crippen LogP) is 1.25. The number of aliphatic hydroxyl groups is 1. The van der Waals surface area contributed by atoms with Crippen LogP contribution in [0.2, 0.25) is 0 Å². The van der Waals surface area contributed by atoms with Crippen molar-refractivity contribution in [2.24, 2.45) is 0 Å². The first-order chi connectivity index (χ1) is 13.3. The van der Waals surface area contributed by atoms with E-state index in [-0.39, 0.29) is 17.9 Å². The fourth-order valence-electron chi connectivity index (χ4n) is 4.43. The van der Waals surface area contributed by atoms with Gasteiger partial charge in [0.05, 0.1) is 11.3 Å². The number of carbonyl (C=O) groups excluding carboxylic acids is 2. The Labute approximate surface area is 166 Å². The van der Waals surface area contributed by atoms with Crippen molar-refractivity contribution in [2.45, 2.75) is 64.5 Å². The minimum absolute atomic E-state index is 0.0175. The largest absolute Gasteiger partial charge is 0.388 e. The third kappa shape index (κ3) is 4.91. The predicted molar refractivity (Wildman–Crippen MR) is 104 cm³/mol. The van der Waals surface area contributed by atoms with Crippen LogP contribution in [0.1, 0.15) is 60.8 Å². The van der Waals surface area contributed by atoms with Gasteiger partial charge in [0, 0.05) is 45.7 Å². The van der Waals surface area contributed by atoms with Gasteiger partial charge in [0.25, 0.3) is 5.91 Å². The Balaban J connectivity index is 1.54. The number of nitrogens with one attached hydrogen (secondary N) is 1. The highest BCUT2D eigenvalue weighted by molar-refractivity contribution is 5.96. The monoisotopic (exact) mass is 392 g/mol. The lowest BCUT2D eigenvalue weighted by molar-refractivity contribution is -0.120. The molecule has 0 spiro atoms. The summed E-state index contributed by atoms with van der Waals surface area (Å²) in [7, 11) is 0. The average molecular weight is 393 g/mol. The summed E-state index contributed by atoms with van der Waals surface area (Å²) in [6.45, 7) is 8.61. The van der Waals surface area contributed by atoms with Gasteiger partial charge in [0.15, 0.2) is 0 Å². The molecule has 3 rings (SSSR count). The molecule has 0 aliphatic carbocycles. The van der Waals surface area contributed by atoms with Gasteiger partial charge in [-0.1, -0.05) is 5.16 Å². The van der Waals surface area contributed by atoms with Crippen molar-refractivity contribution in [2.75, 3.05) is 32.7 Å². The van der Waals surface area contributed by atoms with Crippen molar-refractivity contribution in [3.63, 3.8) is 0 Å². The number of aromatic nitrogens is 1. The van der Waals surface area contributed by atoms with E-state index in [9.17, 15) is 14.7 Å². The molecule has 1 aromatic heterocycles. The molecule has 2 aliphatic heterocycles. The Hall–Kier alpha value is -1.93. The molecule has 0 radical (unpaired) electrons. The molecule has 1 unspecified atom stereocenters. The SMILES string of the molecule is CC(=O)NC1CCN(CC2(O)CCCN(C(=O)c3c(C)noc3C)CC2)CC1. The topological polar surface area (TPSA) is 98.9 Å². The van der Waals surface area contributed by atoms with Gasteiger partial charge in [0.1, 0.15) is 11.3 Å². The number of hydrogen-bond acceptors (Lipinski definition) is 6. The van der Waals surface area contributed by atoms with Crippen LogP contribution in [0.5, 0.6) is 0 Å². The molecule has 2 fully saturated rings. The van der Waals surface area contributed by atoms with Crippen molar-refractivity contribution in [1.29, 1.82) is 0 Å². The molecule has 2 aliphatic rings. The van der Waals surface area contributed by atoms with Gasteiger partial charge in [0.2, 0.25) is 5.91 Å². The number of hydrogen-bond donors (Lipinski definition) is 2. The lowest BCUT2D eigenvalue weighted by Gasteiger charge is -2.38. The zero-order chi connectivity index (χ0) is 20.3. The second-order valence-electron chi connectivity index (χ2n) is 8.32. The highest BCUT2D eigenvalue weighted by atomic mass is 16.5. The molecule has 3 heterocycles. The van der Waals surface area contributed by atoms with Crippen LogP contribution in [-0.2, 0) is 4.79 Å². The summed E-state index contributed by atoms with van der Waals surface area (Å²) in [5.41, 5.74) is 0.378. The zero-order valence-electron chi connectivity index (χ0n) is 17.2. The Bertz CT molecular complexity index is 692. The molecular weight excluding hydrogens is 360 g/mol. The van der Waals surface area contributed by atoms with Gasteiger partial charge in [-0.15, -0.1) is 0 Å². The molecule has 0 saturated carbocycles. The number of aryl methyl sites for hydroxylation is 2. The standard InChI is InChI=1S/C20H32N4O4/c1-14-18(15(2)28-22-14)19(26)24-9-4-7-20(27,8-12-24)13-23-10-5-17(6-11-23)21-16(3)25/h17,27H,4-13H2,1-3H3,(H,21,25). The number of carbonyl (C=O) groups is 2. The normalized spacial score (nSPS) is 24.8. The quantitative estimate of drug-likeness (QED) is 0.800. The summed E-state index contributed by atoms with van der Waals surface area (Å²) >= 11 is 0. The maximum Gasteiger partial charge on any atom is 0.259 e. The minimum Gasteiger partial charge on any atom is -0.388 e. The zero-order valence-corrected chi connectivity index (χ0v) is 17.2. The van der Waals surface area contributed by atoms with Gasteiger partial charge < -0.3 is 24.7 Å². The lowest BCUT2D eigenvalue weighted by atomic mass is 9.93. The second-order valence-corrected chi connectivity index (χ2v) is 8.32. The van der Waals surface area contributed by atoms with Crippen LogP contribution in [0.25, 0.3) is 0 Å². The van der Waals surface area contributed by atoms with Crippen molar-refractivity contribution < 1.29 is 19.2 Å². The van der Waals surface area contributed by atoms with Gasteiger partial charge in [-0.05, 0) is 46.0 Å². The number of amides is 2. The summed E-state index contributed by atoms with van der Waals surface area (Å²) in [4.78, 5) is 28.2. The van der Waals surface area contributed by atoms with Crippen LogP contribution in [0.15, 0.2) is 4.52 Å². The summed E-state index contributed by atoms with van der Waals surface area (Å²) in [6.07, 6.45) is 3.84. The first-order valence-electron chi connectivity index (χ1n) is 10.2. The summed E-state index contributed by atoms with van der Waals surface area (Å²) in [5.74, 6) is 0.504. The molecule has 2 N–H and O–H groups in total. The van der Waals surface area contributed by atoms with Crippen molar-refractivity contribution in [1.82, 2.24) is 20.3 Å². The van der Waals surface area contributed by atoms with E-state index in [1.165, 1.54) is 0 Å². The van der Waals surface area contributed by atoms with Crippen molar-refractivity contribution in [3.05, 3.63) is 17.0 Å². The molecular formula is C20H32N4O4. The molecule has 2 saturated heterocycles. The first kappa shape index (κ1) is 20.8. The summed E-state index contributed by atoms with van der Waals surface area (Å²) < 4.78 is 5.13. The Morgan fingerprint density at radius 2 is 1.93 bits per heavy atom. The van der Waals surface area contributed by atoms with Gasteiger partial charge in [-0.2, -0.15) is 0 Å². The number of nitrogens with zero attached hydrogens (tertiary/aromatic N) is 3. The molecule has 8 heteroatoms. The smallest absolute Gasteiger partial charge is 0.259 e. The maximum atomic E-state index is 12.9. The number of β-amino-alcohol motifs (C(OH)–C–C–N with tert-alkyl or cyclic N) is 1. The van der Waals surface area contributed by atoms with E-state index in [0.717, 1.165) is 32.4 Å². The molecule has 0 aromatic carbocycles. The molecule has 0 bridgehead atoms. The third-order valence-corrected chi connectivity index (χ3v) is 5.96. The summed E-state index contributed by atoms with van der Waals surface area (Å²) in [5, 5.41) is 18.0. The number of piperidine rings is 1. The second kappa shape index (κ2) is 8.61. The van der Waals surface area contributed by atoms with Gasteiger partial charge >= 0.3 is 0 Å². The molecule has 2 amide bonds. The molecule has 1 atom stereocenters. The molecule has 8 nitrogen and oxygen atoms in total. The maximum absolute atomic E-state index is 12.9. The van der Waals surface area contributed by atoms with Crippen LogP contribution in [0.3, 0.4) is 0 Å². The average Bonchev–Trinajstić information content (AvgIpc) is 2.85. The van der Waals surface area contributed by atoms with Gasteiger partial charge in [-0.3, -0.25) is 9.59 Å². The Morgan fingerprint density at radius 1 is 1.21 bits per heavy atom. The minimum atomic E-state index is -0.783. The van der Waals surface area contributed by atoms with E-state index in [4.69, 9.17) is 4.52 Å². The van der Waals surface area contributed by atoms with Crippen molar-refractivity contribution >= 4 is 11.8 Å². The van der Waals surface area contributed by atoms with Gasteiger partial charge in [-0.25, -0.2) is 0 Å². The molecule has 1 aromatic rings. The van der Waals surface area contributed by atoms with Crippen LogP contribution >= 0.6 is 0 Å². The van der Waals surface area contributed by atoms with Crippen LogP contribution in [0, 0.1) is 13.8 Å². The fraction of sp³-hybridized carbons (Fsp3) is 0.750. The van der Waals surface area contributed by atoms with E-state index >= 15 is 0 Å². The van der Waals surface area contributed by atoms with Crippen molar-refractivity contribution in [3.8, 4) is 0 Å². The van der Waals surface area contributed by atoms with Crippen LogP contribution in [0.4, 0.5) is 0 Å². The van der Waals surface area contributed by atoms with E-state index in [1.807, 2.05) is 4.90 Å². The highest BCUT2D eigenvalue weighted by Crippen LogP contribution is 2.26. The van der Waals surface area contributed by atoms with E-state index in [1.54, 1.807) is 20.8 Å². The molecule has 156 valence electrons. The highest BCUT2D eigenvalue weighted by Gasteiger charge is 2.35. The number of likely N-dealkylation sites (tertiary alicyclic amines) is 2. The van der Waals surface area contributed by atoms with E-state index in [0.29, 0.717) is 49.5 Å². The summed E-state index contributed by atoms with van der Waals surface area (Å²) in [6, 6.07) is 0.237. The van der Waals surface area contributed by atoms with Crippen LogP contribution < -0.4 is 5.32 Å². The Morgan fingerprint density at radius 3 is 2.54 bits per heavy atom. The van der Waals surface area contributed by atoms with E-state index in [2.05, 4.69) is 15.4 Å². The number of rotatable bonds is 4. The fourth-order valence-corrected chi connectivity index (χ4v) is 4.43. The lowest BCUT2D eigenvalue weighted by Crippen LogP contribution is -2.50. The third-order valence-electron chi connectivity index (χ3n) is 5.96. The molecule has 28 heavy (non-hydrogen) atoms. The van der Waals surface area contributed by atoms with Crippen LogP contribution in [-0.4, -0.2) is 76.2 Å². The Kier molecular flexibility index (Phi) is 6.40.